The molecule has 0 saturated heterocycles. The van der Waals surface area contributed by atoms with Gasteiger partial charge in [-0.25, -0.2) is 0 Å². The molecule has 0 aliphatic rings. The summed E-state index contributed by atoms with van der Waals surface area (Å²) < 4.78 is 5.39. The topological polar surface area (TPSA) is 9.23 Å². The van der Waals surface area contributed by atoms with E-state index in [1.54, 1.807) is 0 Å². The van der Waals surface area contributed by atoms with E-state index >= 15 is 0 Å². The molecule has 0 spiro atoms. The molecule has 1 atom stereocenters. The highest BCUT2D eigenvalue weighted by Gasteiger charge is 1.96. The third-order valence-corrected chi connectivity index (χ3v) is 1.64. The Morgan fingerprint density at radius 3 is 2.70 bits per heavy atom. The van der Waals surface area contributed by atoms with Gasteiger partial charge in [0.15, 0.2) is 0 Å². The second-order valence-corrected chi connectivity index (χ2v) is 2.80. The standard InChI is InChI=1S/C9H19O/c1-4-6-7-10-8-9(3)5-2/h9H,1,4-8H2,2-3H3. The van der Waals surface area contributed by atoms with Crippen LogP contribution in [-0.2, 0) is 4.74 Å². The molecule has 0 bridgehead atoms. The van der Waals surface area contributed by atoms with Crippen LogP contribution in [-0.4, -0.2) is 13.2 Å². The first kappa shape index (κ1) is 9.96. The van der Waals surface area contributed by atoms with Gasteiger partial charge in [-0.1, -0.05) is 33.6 Å². The lowest BCUT2D eigenvalue weighted by atomic mass is 10.1. The predicted octanol–water partition coefficient (Wildman–Crippen LogP) is 2.66. The summed E-state index contributed by atoms with van der Waals surface area (Å²) in [4.78, 5) is 0. The van der Waals surface area contributed by atoms with Crippen molar-refractivity contribution in [3.8, 4) is 0 Å². The third-order valence-electron chi connectivity index (χ3n) is 1.64. The summed E-state index contributed by atoms with van der Waals surface area (Å²) in [6.07, 6.45) is 3.29. The second kappa shape index (κ2) is 7.07. The van der Waals surface area contributed by atoms with E-state index < -0.39 is 0 Å². The first-order chi connectivity index (χ1) is 4.81. The Morgan fingerprint density at radius 1 is 1.50 bits per heavy atom. The van der Waals surface area contributed by atoms with Crippen LogP contribution in [0.4, 0.5) is 0 Å². The van der Waals surface area contributed by atoms with Crippen molar-refractivity contribution in [1.29, 1.82) is 0 Å². The maximum Gasteiger partial charge on any atom is 0.0491 e. The van der Waals surface area contributed by atoms with Crippen molar-refractivity contribution >= 4 is 0 Å². The van der Waals surface area contributed by atoms with E-state index in [1.165, 1.54) is 6.42 Å². The maximum atomic E-state index is 5.39. The van der Waals surface area contributed by atoms with Crippen LogP contribution in [0.5, 0.6) is 0 Å². The number of hydrogen-bond acceptors (Lipinski definition) is 1. The average Bonchev–Trinajstić information content (AvgIpc) is 1.98. The molecule has 61 valence electrons. The Balaban J connectivity index is 2.89. The van der Waals surface area contributed by atoms with Gasteiger partial charge in [-0.05, 0) is 12.3 Å². The molecular weight excluding hydrogens is 124 g/mol. The van der Waals surface area contributed by atoms with Crippen molar-refractivity contribution in [2.75, 3.05) is 13.2 Å². The molecule has 0 N–H and O–H groups in total. The molecule has 1 radical (unpaired) electrons. The summed E-state index contributed by atoms with van der Waals surface area (Å²) in [5.41, 5.74) is 0. The zero-order valence-corrected chi connectivity index (χ0v) is 7.23. The largest absolute Gasteiger partial charge is 0.381 e. The third kappa shape index (κ3) is 6.09. The van der Waals surface area contributed by atoms with E-state index in [-0.39, 0.29) is 0 Å². The smallest absolute Gasteiger partial charge is 0.0491 e. The minimum absolute atomic E-state index is 0.713. The van der Waals surface area contributed by atoms with Crippen LogP contribution in [0.25, 0.3) is 0 Å². The van der Waals surface area contributed by atoms with Crippen LogP contribution in [0.3, 0.4) is 0 Å². The lowest BCUT2D eigenvalue weighted by Gasteiger charge is -2.07. The SMILES string of the molecule is [CH2]CCCOCC(C)CC. The van der Waals surface area contributed by atoms with Crippen LogP contribution in [0.2, 0.25) is 0 Å². The van der Waals surface area contributed by atoms with Gasteiger partial charge in [0.1, 0.15) is 0 Å². The molecule has 1 heteroatoms. The second-order valence-electron chi connectivity index (χ2n) is 2.80. The van der Waals surface area contributed by atoms with Crippen molar-refractivity contribution < 1.29 is 4.74 Å². The van der Waals surface area contributed by atoms with Gasteiger partial charge >= 0.3 is 0 Å². The van der Waals surface area contributed by atoms with E-state index in [0.717, 1.165) is 26.1 Å². The predicted molar refractivity (Wildman–Crippen MR) is 44.9 cm³/mol. The maximum absolute atomic E-state index is 5.39. The molecule has 0 aromatic heterocycles. The van der Waals surface area contributed by atoms with Crippen molar-refractivity contribution in [1.82, 2.24) is 0 Å². The number of rotatable bonds is 6. The van der Waals surface area contributed by atoms with Crippen LogP contribution < -0.4 is 0 Å². The quantitative estimate of drug-likeness (QED) is 0.519. The minimum Gasteiger partial charge on any atom is -0.381 e. The van der Waals surface area contributed by atoms with Gasteiger partial charge in [0, 0.05) is 13.2 Å². The average molecular weight is 143 g/mol. The molecule has 10 heavy (non-hydrogen) atoms. The first-order valence-corrected chi connectivity index (χ1v) is 4.18. The lowest BCUT2D eigenvalue weighted by Crippen LogP contribution is -2.05. The number of unbranched alkanes of at least 4 members (excludes halogenated alkanes) is 1. The zero-order chi connectivity index (χ0) is 7.82. The zero-order valence-electron chi connectivity index (χ0n) is 7.23. The monoisotopic (exact) mass is 143 g/mol. The van der Waals surface area contributed by atoms with Crippen molar-refractivity contribution in [2.45, 2.75) is 33.1 Å². The fraction of sp³-hybridized carbons (Fsp3) is 0.889. The highest BCUT2D eigenvalue weighted by molar-refractivity contribution is 4.46. The van der Waals surface area contributed by atoms with Gasteiger partial charge in [-0.2, -0.15) is 0 Å². The Labute approximate surface area is 64.8 Å². The molecule has 1 unspecified atom stereocenters. The first-order valence-electron chi connectivity index (χ1n) is 4.18. The highest BCUT2D eigenvalue weighted by Crippen LogP contribution is 2.00. The van der Waals surface area contributed by atoms with Gasteiger partial charge in [0.05, 0.1) is 0 Å². The summed E-state index contributed by atoms with van der Waals surface area (Å²) in [7, 11) is 0. The van der Waals surface area contributed by atoms with Crippen LogP contribution in [0.1, 0.15) is 33.1 Å². The van der Waals surface area contributed by atoms with Crippen LogP contribution in [0, 0.1) is 12.8 Å². The molecule has 0 aliphatic heterocycles. The Morgan fingerprint density at radius 2 is 2.20 bits per heavy atom. The van der Waals surface area contributed by atoms with E-state index in [9.17, 15) is 0 Å². The Bertz CT molecular complexity index is 61.7. The Hall–Kier alpha value is -0.0400. The molecule has 0 rings (SSSR count). The highest BCUT2D eigenvalue weighted by atomic mass is 16.5. The summed E-state index contributed by atoms with van der Waals surface area (Å²) in [6, 6.07) is 0. The van der Waals surface area contributed by atoms with E-state index in [2.05, 4.69) is 20.8 Å². The molecule has 0 aliphatic carbocycles. The van der Waals surface area contributed by atoms with Gasteiger partial charge in [-0.15, -0.1) is 0 Å². The fourth-order valence-corrected chi connectivity index (χ4v) is 0.606. The fourth-order valence-electron chi connectivity index (χ4n) is 0.606. The van der Waals surface area contributed by atoms with Gasteiger partial charge in [0.2, 0.25) is 0 Å². The van der Waals surface area contributed by atoms with E-state index in [4.69, 9.17) is 4.74 Å². The normalized spacial score (nSPS) is 13.5. The van der Waals surface area contributed by atoms with Gasteiger partial charge in [-0.3, -0.25) is 0 Å². The molecular formula is C9H19O. The van der Waals surface area contributed by atoms with Gasteiger partial charge in [0.25, 0.3) is 0 Å². The Kier molecular flexibility index (Phi) is 7.04. The summed E-state index contributed by atoms with van der Waals surface area (Å²) in [6.45, 7) is 9.94. The molecule has 0 aromatic carbocycles. The van der Waals surface area contributed by atoms with E-state index in [1.807, 2.05) is 0 Å². The molecule has 0 saturated carbocycles. The molecule has 0 heterocycles. The van der Waals surface area contributed by atoms with Crippen molar-refractivity contribution in [2.24, 2.45) is 5.92 Å². The summed E-state index contributed by atoms with van der Waals surface area (Å²) >= 11 is 0. The molecule has 1 nitrogen and oxygen atoms in total. The molecule has 0 amide bonds. The van der Waals surface area contributed by atoms with Crippen molar-refractivity contribution in [3.63, 3.8) is 0 Å². The molecule has 0 fully saturated rings. The lowest BCUT2D eigenvalue weighted by molar-refractivity contribution is 0.102. The van der Waals surface area contributed by atoms with Crippen LogP contribution >= 0.6 is 0 Å². The summed E-state index contributed by atoms with van der Waals surface area (Å²) in [5.74, 6) is 0.713. The van der Waals surface area contributed by atoms with Crippen LogP contribution in [0.15, 0.2) is 0 Å². The number of ether oxygens (including phenoxy) is 1. The van der Waals surface area contributed by atoms with Crippen molar-refractivity contribution in [3.05, 3.63) is 6.92 Å². The summed E-state index contributed by atoms with van der Waals surface area (Å²) in [5, 5.41) is 0. The van der Waals surface area contributed by atoms with E-state index in [0.29, 0.717) is 5.92 Å². The van der Waals surface area contributed by atoms with Gasteiger partial charge < -0.3 is 4.74 Å². The number of hydrogen-bond donors (Lipinski definition) is 0. The molecule has 0 aromatic rings. The minimum atomic E-state index is 0.713.